The molecule has 3 atom stereocenters. The molecule has 2 saturated heterocycles. The van der Waals surface area contributed by atoms with Crippen molar-refractivity contribution in [3.63, 3.8) is 0 Å². The summed E-state index contributed by atoms with van der Waals surface area (Å²) in [6, 6.07) is 8.35. The monoisotopic (exact) mass is 530 g/mol. The van der Waals surface area contributed by atoms with Gasteiger partial charge in [-0.05, 0) is 41.7 Å². The molecule has 198 valence electrons. The number of sulfonamides is 1. The number of fused-ring (bicyclic) bond motifs is 1. The number of nitrogens with two attached hydrogens (primary N) is 1. The molecule has 4 rings (SSSR count). The summed E-state index contributed by atoms with van der Waals surface area (Å²) in [4.78, 5) is 40.3. The smallest absolute Gasteiger partial charge is 0.267 e. The van der Waals surface area contributed by atoms with E-state index < -0.39 is 52.9 Å². The van der Waals surface area contributed by atoms with Crippen molar-refractivity contribution < 1.29 is 27.9 Å². The largest absolute Gasteiger partial charge is 0.394 e. The summed E-state index contributed by atoms with van der Waals surface area (Å²) in [7, 11) is -4.54. The standard InChI is InChI=1S/C24H30N6O6S/c25-24(26)29-9-3-4-15(13-29)12-27-21(32)11-20-22(33)28-19(14-31)23(34)30(20)37(35,36)18-8-7-16-5-1-2-6-17(16)10-18/h1-2,5-8,10,15,19-20,31H,3-4,9,11-14H2,(H3,25,26)(H,27,32)(H,28,33)/t15-,19-,20-/m0/s1. The SMILES string of the molecule is N=C(N)N1CCC[C@@H](CNC(=O)C[C@H]2C(=O)N[C@@H](CO)C(=O)N2S(=O)(=O)c2ccc3ccccc3c2)C1. The first-order chi connectivity index (χ1) is 17.6. The van der Waals surface area contributed by atoms with Crippen LogP contribution in [0.2, 0.25) is 0 Å². The maximum absolute atomic E-state index is 13.6. The van der Waals surface area contributed by atoms with Gasteiger partial charge in [0.15, 0.2) is 5.96 Å². The second-order valence-corrected chi connectivity index (χ2v) is 11.1. The molecule has 2 aliphatic heterocycles. The number of piperidine rings is 1. The van der Waals surface area contributed by atoms with Gasteiger partial charge in [0.05, 0.1) is 17.9 Å². The third kappa shape index (κ3) is 5.52. The third-order valence-electron chi connectivity index (χ3n) is 6.70. The average molecular weight is 531 g/mol. The molecular formula is C24H30N6O6S. The minimum absolute atomic E-state index is 0.0274. The zero-order chi connectivity index (χ0) is 26.7. The van der Waals surface area contributed by atoms with E-state index in [1.165, 1.54) is 12.1 Å². The average Bonchev–Trinajstić information content (AvgIpc) is 2.89. The van der Waals surface area contributed by atoms with Gasteiger partial charge in [0.1, 0.15) is 12.1 Å². The second-order valence-electron chi connectivity index (χ2n) is 9.26. The van der Waals surface area contributed by atoms with E-state index in [-0.39, 0.29) is 23.3 Å². The predicted molar refractivity (Wildman–Crippen MR) is 135 cm³/mol. The topological polar surface area (TPSA) is 186 Å². The number of hydrogen-bond acceptors (Lipinski definition) is 7. The summed E-state index contributed by atoms with van der Waals surface area (Å²) in [6.07, 6.45) is 1.04. The van der Waals surface area contributed by atoms with Crippen LogP contribution in [0.25, 0.3) is 10.8 Å². The van der Waals surface area contributed by atoms with E-state index in [9.17, 15) is 27.9 Å². The van der Waals surface area contributed by atoms with E-state index in [4.69, 9.17) is 11.1 Å². The van der Waals surface area contributed by atoms with E-state index in [0.29, 0.717) is 22.8 Å². The Kier molecular flexibility index (Phi) is 7.64. The molecule has 13 heteroatoms. The number of carbonyl (C=O) groups excluding carboxylic acids is 3. The molecule has 0 saturated carbocycles. The van der Waals surface area contributed by atoms with Crippen LogP contribution in [0.1, 0.15) is 19.3 Å². The summed E-state index contributed by atoms with van der Waals surface area (Å²) in [5.74, 6) is -2.48. The molecule has 0 aliphatic carbocycles. The zero-order valence-electron chi connectivity index (χ0n) is 20.1. The summed E-state index contributed by atoms with van der Waals surface area (Å²) >= 11 is 0. The Morgan fingerprint density at radius 1 is 1.19 bits per heavy atom. The number of hydrogen-bond donors (Lipinski definition) is 5. The van der Waals surface area contributed by atoms with E-state index in [1.807, 2.05) is 6.07 Å². The van der Waals surface area contributed by atoms with Gasteiger partial charge in [-0.2, -0.15) is 0 Å². The lowest BCUT2D eigenvalue weighted by Gasteiger charge is -2.37. The number of amides is 3. The number of benzene rings is 2. The van der Waals surface area contributed by atoms with Crippen molar-refractivity contribution in [2.24, 2.45) is 11.7 Å². The lowest BCUT2D eigenvalue weighted by molar-refractivity contribution is -0.146. The lowest BCUT2D eigenvalue weighted by atomic mass is 9.98. The number of aliphatic hydroxyl groups excluding tert-OH is 1. The maximum Gasteiger partial charge on any atom is 0.267 e. The molecule has 0 unspecified atom stereocenters. The molecule has 2 fully saturated rings. The minimum atomic E-state index is -4.54. The minimum Gasteiger partial charge on any atom is -0.394 e. The van der Waals surface area contributed by atoms with E-state index >= 15 is 0 Å². The highest BCUT2D eigenvalue weighted by Crippen LogP contribution is 2.27. The Hall–Kier alpha value is -3.71. The molecule has 0 spiro atoms. The molecule has 0 bridgehead atoms. The van der Waals surface area contributed by atoms with Crippen LogP contribution in [0.5, 0.6) is 0 Å². The summed E-state index contributed by atoms with van der Waals surface area (Å²) in [5, 5.41) is 23.6. The van der Waals surface area contributed by atoms with Crippen molar-refractivity contribution in [3.8, 4) is 0 Å². The van der Waals surface area contributed by atoms with Crippen LogP contribution in [0, 0.1) is 11.3 Å². The number of rotatable bonds is 7. The van der Waals surface area contributed by atoms with Gasteiger partial charge in [-0.15, -0.1) is 0 Å². The summed E-state index contributed by atoms with van der Waals surface area (Å²) in [5.41, 5.74) is 5.56. The highest BCUT2D eigenvalue weighted by molar-refractivity contribution is 7.89. The van der Waals surface area contributed by atoms with Crippen LogP contribution in [-0.4, -0.2) is 84.7 Å². The first-order valence-corrected chi connectivity index (χ1v) is 13.4. The number of guanidine groups is 1. The zero-order valence-corrected chi connectivity index (χ0v) is 20.9. The summed E-state index contributed by atoms with van der Waals surface area (Å²) in [6.45, 7) is 0.625. The maximum atomic E-state index is 13.6. The van der Waals surface area contributed by atoms with E-state index in [1.54, 1.807) is 29.2 Å². The van der Waals surface area contributed by atoms with Crippen molar-refractivity contribution in [1.82, 2.24) is 19.8 Å². The van der Waals surface area contributed by atoms with Gasteiger partial charge in [0, 0.05) is 19.6 Å². The fraction of sp³-hybridized carbons (Fsp3) is 0.417. The molecule has 0 aromatic heterocycles. The summed E-state index contributed by atoms with van der Waals surface area (Å²) < 4.78 is 27.7. The van der Waals surface area contributed by atoms with Crippen LogP contribution in [-0.2, 0) is 24.4 Å². The van der Waals surface area contributed by atoms with Gasteiger partial charge in [-0.3, -0.25) is 19.8 Å². The Morgan fingerprint density at radius 3 is 2.62 bits per heavy atom. The molecule has 6 N–H and O–H groups in total. The number of nitrogens with zero attached hydrogens (tertiary/aromatic N) is 2. The molecule has 37 heavy (non-hydrogen) atoms. The molecule has 2 heterocycles. The van der Waals surface area contributed by atoms with Crippen LogP contribution in [0.3, 0.4) is 0 Å². The van der Waals surface area contributed by atoms with Crippen molar-refractivity contribution in [2.45, 2.75) is 36.2 Å². The van der Waals surface area contributed by atoms with E-state index in [2.05, 4.69) is 10.6 Å². The molecular weight excluding hydrogens is 500 g/mol. The highest BCUT2D eigenvalue weighted by atomic mass is 32.2. The molecule has 3 amide bonds. The first kappa shape index (κ1) is 26.4. The number of nitrogens with one attached hydrogen (secondary N) is 3. The van der Waals surface area contributed by atoms with Gasteiger partial charge in [-0.1, -0.05) is 30.3 Å². The molecule has 0 radical (unpaired) electrons. The van der Waals surface area contributed by atoms with Gasteiger partial charge in [-0.25, -0.2) is 12.7 Å². The Labute approximate surface area is 214 Å². The Balaban J connectivity index is 1.55. The number of piperazine rings is 1. The fourth-order valence-corrected chi connectivity index (χ4v) is 6.34. The van der Waals surface area contributed by atoms with Crippen LogP contribution < -0.4 is 16.4 Å². The highest BCUT2D eigenvalue weighted by Gasteiger charge is 2.47. The van der Waals surface area contributed by atoms with Crippen LogP contribution >= 0.6 is 0 Å². The van der Waals surface area contributed by atoms with Gasteiger partial charge < -0.3 is 26.4 Å². The first-order valence-electron chi connectivity index (χ1n) is 12.0. The molecule has 2 aromatic carbocycles. The van der Waals surface area contributed by atoms with Gasteiger partial charge >= 0.3 is 0 Å². The predicted octanol–water partition coefficient (Wildman–Crippen LogP) is -0.672. The number of carbonyl (C=O) groups is 3. The molecule has 2 aliphatic rings. The van der Waals surface area contributed by atoms with Crippen molar-refractivity contribution >= 4 is 44.5 Å². The van der Waals surface area contributed by atoms with Crippen LogP contribution in [0.15, 0.2) is 47.4 Å². The quantitative estimate of drug-likeness (QED) is 0.230. The van der Waals surface area contributed by atoms with Crippen LogP contribution in [0.4, 0.5) is 0 Å². The fourth-order valence-electron chi connectivity index (χ4n) is 4.73. The molecule has 12 nitrogen and oxygen atoms in total. The van der Waals surface area contributed by atoms with Crippen molar-refractivity contribution in [2.75, 3.05) is 26.2 Å². The van der Waals surface area contributed by atoms with Crippen molar-refractivity contribution in [1.29, 1.82) is 5.41 Å². The van der Waals surface area contributed by atoms with Gasteiger partial charge in [0.2, 0.25) is 11.8 Å². The number of aliphatic hydroxyl groups is 1. The Morgan fingerprint density at radius 2 is 1.92 bits per heavy atom. The molecule has 2 aromatic rings. The number of likely N-dealkylation sites (tertiary alicyclic amines) is 1. The van der Waals surface area contributed by atoms with E-state index in [0.717, 1.165) is 18.2 Å². The third-order valence-corrected chi connectivity index (χ3v) is 8.51. The van der Waals surface area contributed by atoms with Gasteiger partial charge in [0.25, 0.3) is 15.9 Å². The Bertz CT molecular complexity index is 1330. The second kappa shape index (κ2) is 10.7. The lowest BCUT2D eigenvalue weighted by Crippen LogP contribution is -2.66. The van der Waals surface area contributed by atoms with Crippen molar-refractivity contribution in [3.05, 3.63) is 42.5 Å². The normalized spacial score (nSPS) is 22.6.